The van der Waals surface area contributed by atoms with Gasteiger partial charge in [0, 0.05) is 18.2 Å². The molecule has 1 aliphatic rings. The second-order valence-electron chi connectivity index (χ2n) is 2.95. The zero-order chi connectivity index (χ0) is 8.81. The van der Waals surface area contributed by atoms with Crippen molar-refractivity contribution in [2.24, 2.45) is 5.92 Å². The van der Waals surface area contributed by atoms with E-state index in [1.165, 1.54) is 12.2 Å². The zero-order valence-electron chi connectivity index (χ0n) is 7.21. The van der Waals surface area contributed by atoms with Crippen LogP contribution in [0.15, 0.2) is 12.7 Å². The lowest BCUT2D eigenvalue weighted by Crippen LogP contribution is -2.33. The van der Waals surface area contributed by atoms with Crippen LogP contribution < -0.4 is 5.32 Å². The number of amides is 1. The topological polar surface area (TPSA) is 29.1 Å². The molecule has 1 atom stereocenters. The van der Waals surface area contributed by atoms with Crippen LogP contribution in [-0.4, -0.2) is 24.0 Å². The highest BCUT2D eigenvalue weighted by Gasteiger charge is 2.20. The van der Waals surface area contributed by atoms with E-state index in [1.807, 2.05) is 11.8 Å². The van der Waals surface area contributed by atoms with Crippen LogP contribution in [0.1, 0.15) is 12.8 Å². The Balaban J connectivity index is 2.24. The van der Waals surface area contributed by atoms with Crippen molar-refractivity contribution in [3.8, 4) is 0 Å². The zero-order valence-corrected chi connectivity index (χ0v) is 8.03. The van der Waals surface area contributed by atoms with Gasteiger partial charge in [0.15, 0.2) is 0 Å². The van der Waals surface area contributed by atoms with Gasteiger partial charge >= 0.3 is 0 Å². The minimum absolute atomic E-state index is 0.196. The fourth-order valence-electron chi connectivity index (χ4n) is 1.26. The lowest BCUT2D eigenvalue weighted by Gasteiger charge is -2.19. The van der Waals surface area contributed by atoms with Gasteiger partial charge in [-0.3, -0.25) is 4.79 Å². The van der Waals surface area contributed by atoms with Crippen molar-refractivity contribution < 1.29 is 4.79 Å². The molecule has 1 saturated heterocycles. The smallest absolute Gasteiger partial charge is 0.224 e. The highest BCUT2D eigenvalue weighted by molar-refractivity contribution is 7.99. The maximum absolute atomic E-state index is 11.4. The molecule has 1 unspecified atom stereocenters. The number of nitrogens with one attached hydrogen (secondary N) is 1. The highest BCUT2D eigenvalue weighted by Crippen LogP contribution is 2.22. The summed E-state index contributed by atoms with van der Waals surface area (Å²) in [7, 11) is 0. The Labute approximate surface area is 77.8 Å². The highest BCUT2D eigenvalue weighted by atomic mass is 32.2. The van der Waals surface area contributed by atoms with E-state index < -0.39 is 0 Å². The van der Waals surface area contributed by atoms with Gasteiger partial charge in [0.05, 0.1) is 0 Å². The van der Waals surface area contributed by atoms with E-state index in [9.17, 15) is 4.79 Å². The monoisotopic (exact) mass is 185 g/mol. The molecule has 68 valence electrons. The second kappa shape index (κ2) is 5.25. The minimum Gasteiger partial charge on any atom is -0.352 e. The van der Waals surface area contributed by atoms with E-state index in [-0.39, 0.29) is 11.8 Å². The molecular weight excluding hydrogens is 170 g/mol. The van der Waals surface area contributed by atoms with Crippen molar-refractivity contribution in [2.75, 3.05) is 18.1 Å². The van der Waals surface area contributed by atoms with Crippen LogP contribution in [0.2, 0.25) is 0 Å². The van der Waals surface area contributed by atoms with Crippen LogP contribution in [0.4, 0.5) is 0 Å². The summed E-state index contributed by atoms with van der Waals surface area (Å²) in [5.74, 6) is 2.64. The number of rotatable bonds is 3. The summed E-state index contributed by atoms with van der Waals surface area (Å²) in [5, 5.41) is 2.83. The van der Waals surface area contributed by atoms with E-state index in [4.69, 9.17) is 0 Å². The minimum atomic E-state index is 0.196. The number of carbonyl (C=O) groups is 1. The molecule has 1 N–H and O–H groups in total. The average molecular weight is 185 g/mol. The van der Waals surface area contributed by atoms with E-state index >= 15 is 0 Å². The molecule has 0 bridgehead atoms. The Morgan fingerprint density at radius 2 is 2.58 bits per heavy atom. The Morgan fingerprint density at radius 1 is 1.75 bits per heavy atom. The molecule has 0 saturated carbocycles. The van der Waals surface area contributed by atoms with Crippen molar-refractivity contribution >= 4 is 17.7 Å². The third-order valence-corrected chi connectivity index (χ3v) is 3.17. The first-order valence-electron chi connectivity index (χ1n) is 4.31. The van der Waals surface area contributed by atoms with Crippen molar-refractivity contribution in [1.82, 2.24) is 5.32 Å². The molecule has 0 aromatic heterocycles. The maximum Gasteiger partial charge on any atom is 0.224 e. The summed E-state index contributed by atoms with van der Waals surface area (Å²) >= 11 is 1.88. The van der Waals surface area contributed by atoms with Crippen molar-refractivity contribution in [3.05, 3.63) is 12.7 Å². The fourth-order valence-corrected chi connectivity index (χ4v) is 2.40. The number of carbonyl (C=O) groups excluding carboxylic acids is 1. The van der Waals surface area contributed by atoms with Gasteiger partial charge in [0.2, 0.25) is 5.91 Å². The van der Waals surface area contributed by atoms with Gasteiger partial charge in [-0.15, -0.1) is 6.58 Å². The number of hydrogen-bond acceptors (Lipinski definition) is 2. The Hall–Kier alpha value is -0.440. The third kappa shape index (κ3) is 2.89. The molecule has 0 aliphatic carbocycles. The van der Waals surface area contributed by atoms with Crippen LogP contribution in [-0.2, 0) is 4.79 Å². The third-order valence-electron chi connectivity index (χ3n) is 1.95. The first-order chi connectivity index (χ1) is 5.84. The van der Waals surface area contributed by atoms with Gasteiger partial charge in [0.1, 0.15) is 0 Å². The van der Waals surface area contributed by atoms with Crippen molar-refractivity contribution in [1.29, 1.82) is 0 Å². The predicted molar refractivity (Wildman–Crippen MR) is 53.3 cm³/mol. The largest absolute Gasteiger partial charge is 0.352 e. The van der Waals surface area contributed by atoms with Gasteiger partial charge < -0.3 is 5.32 Å². The van der Waals surface area contributed by atoms with Crippen LogP contribution in [0.5, 0.6) is 0 Å². The SMILES string of the molecule is C=CCNC(=O)C1CCCSC1. The van der Waals surface area contributed by atoms with E-state index in [2.05, 4.69) is 11.9 Å². The second-order valence-corrected chi connectivity index (χ2v) is 4.10. The van der Waals surface area contributed by atoms with Gasteiger partial charge in [-0.25, -0.2) is 0 Å². The van der Waals surface area contributed by atoms with Crippen LogP contribution >= 0.6 is 11.8 Å². The molecule has 1 amide bonds. The number of hydrogen-bond donors (Lipinski definition) is 1. The quantitative estimate of drug-likeness (QED) is 0.674. The summed E-state index contributed by atoms with van der Waals surface area (Å²) in [4.78, 5) is 11.4. The standard InChI is InChI=1S/C9H15NOS/c1-2-5-10-9(11)8-4-3-6-12-7-8/h2,8H,1,3-7H2,(H,10,11). The molecule has 1 heterocycles. The molecule has 3 heteroatoms. The predicted octanol–water partition coefficient (Wildman–Crippen LogP) is 1.43. The lowest BCUT2D eigenvalue weighted by atomic mass is 10.1. The van der Waals surface area contributed by atoms with E-state index in [0.717, 1.165) is 12.2 Å². The molecule has 0 aromatic carbocycles. The van der Waals surface area contributed by atoms with Crippen molar-refractivity contribution in [3.63, 3.8) is 0 Å². The first kappa shape index (κ1) is 9.65. The average Bonchev–Trinajstić information content (AvgIpc) is 2.15. The molecule has 1 rings (SSSR count). The summed E-state index contributed by atoms with van der Waals surface area (Å²) in [6.45, 7) is 4.16. The molecular formula is C9H15NOS. The van der Waals surface area contributed by atoms with Gasteiger partial charge in [-0.1, -0.05) is 6.08 Å². The normalized spacial score (nSPS) is 23.2. The van der Waals surface area contributed by atoms with Crippen LogP contribution in [0.25, 0.3) is 0 Å². The maximum atomic E-state index is 11.4. The molecule has 12 heavy (non-hydrogen) atoms. The lowest BCUT2D eigenvalue weighted by molar-refractivity contribution is -0.124. The first-order valence-corrected chi connectivity index (χ1v) is 5.46. The summed E-state index contributed by atoms with van der Waals surface area (Å²) < 4.78 is 0. The molecule has 2 nitrogen and oxygen atoms in total. The number of thioether (sulfide) groups is 1. The Bertz CT molecular complexity index is 164. The van der Waals surface area contributed by atoms with E-state index in [1.54, 1.807) is 6.08 Å². The Kier molecular flexibility index (Phi) is 4.22. The van der Waals surface area contributed by atoms with Gasteiger partial charge in [-0.05, 0) is 18.6 Å². The molecule has 0 radical (unpaired) electrons. The molecule has 0 aromatic rings. The van der Waals surface area contributed by atoms with Crippen LogP contribution in [0.3, 0.4) is 0 Å². The Morgan fingerprint density at radius 3 is 3.17 bits per heavy atom. The summed E-state index contributed by atoms with van der Waals surface area (Å²) in [6.07, 6.45) is 3.95. The fraction of sp³-hybridized carbons (Fsp3) is 0.667. The van der Waals surface area contributed by atoms with Crippen LogP contribution in [0, 0.1) is 5.92 Å². The molecule has 1 aliphatic heterocycles. The van der Waals surface area contributed by atoms with E-state index in [0.29, 0.717) is 6.54 Å². The summed E-state index contributed by atoms with van der Waals surface area (Å²) in [6, 6.07) is 0. The molecule has 0 spiro atoms. The van der Waals surface area contributed by atoms with Crippen molar-refractivity contribution in [2.45, 2.75) is 12.8 Å². The molecule has 1 fully saturated rings. The van der Waals surface area contributed by atoms with Gasteiger partial charge in [-0.2, -0.15) is 11.8 Å². The summed E-state index contributed by atoms with van der Waals surface area (Å²) in [5.41, 5.74) is 0. The van der Waals surface area contributed by atoms with Gasteiger partial charge in [0.25, 0.3) is 0 Å².